The maximum atomic E-state index is 11.8. The van der Waals surface area contributed by atoms with Gasteiger partial charge in [0.2, 0.25) is 5.91 Å². The highest BCUT2D eigenvalue weighted by atomic mass is 16.2. The Labute approximate surface area is 110 Å². The second-order valence-corrected chi connectivity index (χ2v) is 5.13. The van der Waals surface area contributed by atoms with Crippen LogP contribution < -0.4 is 10.6 Å². The lowest BCUT2D eigenvalue weighted by Crippen LogP contribution is -2.45. The number of carbonyl (C=O) groups is 1. The van der Waals surface area contributed by atoms with Gasteiger partial charge < -0.3 is 5.32 Å². The molecule has 3 nitrogen and oxygen atoms in total. The van der Waals surface area contributed by atoms with E-state index >= 15 is 0 Å². The van der Waals surface area contributed by atoms with E-state index in [2.05, 4.69) is 36.6 Å². The zero-order valence-electron chi connectivity index (χ0n) is 11.9. The highest BCUT2D eigenvalue weighted by Gasteiger charge is 2.17. The van der Waals surface area contributed by atoms with Gasteiger partial charge in [0.05, 0.1) is 6.04 Å². The van der Waals surface area contributed by atoms with Crippen molar-refractivity contribution in [3.05, 3.63) is 35.4 Å². The van der Waals surface area contributed by atoms with E-state index in [0.29, 0.717) is 0 Å². The molecular weight excluding hydrogens is 224 g/mol. The predicted molar refractivity (Wildman–Crippen MR) is 75.5 cm³/mol. The quantitative estimate of drug-likeness (QED) is 0.841. The van der Waals surface area contributed by atoms with Gasteiger partial charge >= 0.3 is 0 Å². The van der Waals surface area contributed by atoms with Crippen molar-refractivity contribution >= 4 is 5.91 Å². The molecule has 0 saturated heterocycles. The Balaban J connectivity index is 2.62. The van der Waals surface area contributed by atoms with Crippen molar-refractivity contribution in [3.63, 3.8) is 0 Å². The summed E-state index contributed by atoms with van der Waals surface area (Å²) in [7, 11) is 0. The third-order valence-corrected chi connectivity index (χ3v) is 2.98. The molecule has 0 fully saturated rings. The Bertz CT molecular complexity index is 401. The first-order valence-electron chi connectivity index (χ1n) is 6.53. The predicted octanol–water partition coefficient (Wildman–Crippen LogP) is 2.56. The van der Waals surface area contributed by atoms with E-state index in [0.717, 1.165) is 0 Å². The smallest absolute Gasteiger partial charge is 0.237 e. The van der Waals surface area contributed by atoms with Crippen LogP contribution in [0, 0.1) is 6.92 Å². The molecule has 1 amide bonds. The molecule has 18 heavy (non-hydrogen) atoms. The second kappa shape index (κ2) is 6.55. The van der Waals surface area contributed by atoms with Gasteiger partial charge in [0, 0.05) is 12.1 Å². The Hall–Kier alpha value is -1.35. The van der Waals surface area contributed by atoms with E-state index in [1.807, 2.05) is 32.9 Å². The lowest BCUT2D eigenvalue weighted by molar-refractivity contribution is -0.123. The van der Waals surface area contributed by atoms with Crippen molar-refractivity contribution in [3.8, 4) is 0 Å². The molecule has 0 spiro atoms. The van der Waals surface area contributed by atoms with Gasteiger partial charge in [0.15, 0.2) is 0 Å². The molecule has 0 aliphatic rings. The number of nitrogens with one attached hydrogen (secondary N) is 2. The lowest BCUT2D eigenvalue weighted by atomic mass is 10.0. The number of rotatable bonds is 5. The van der Waals surface area contributed by atoms with Crippen molar-refractivity contribution < 1.29 is 4.79 Å². The minimum Gasteiger partial charge on any atom is -0.353 e. The van der Waals surface area contributed by atoms with Crippen LogP contribution in [0.15, 0.2) is 24.3 Å². The van der Waals surface area contributed by atoms with Crippen LogP contribution in [0.2, 0.25) is 0 Å². The topological polar surface area (TPSA) is 41.1 Å². The third-order valence-electron chi connectivity index (χ3n) is 2.98. The number of aryl methyl sites for hydroxylation is 1. The van der Waals surface area contributed by atoms with Gasteiger partial charge in [-0.2, -0.15) is 0 Å². The van der Waals surface area contributed by atoms with Crippen LogP contribution in [0.1, 0.15) is 44.9 Å². The molecule has 100 valence electrons. The van der Waals surface area contributed by atoms with Crippen LogP contribution in [0.3, 0.4) is 0 Å². The van der Waals surface area contributed by atoms with Crippen LogP contribution in [0.5, 0.6) is 0 Å². The number of hydrogen-bond donors (Lipinski definition) is 2. The molecule has 0 radical (unpaired) electrons. The Kier molecular flexibility index (Phi) is 5.35. The molecule has 0 heterocycles. The van der Waals surface area contributed by atoms with Crippen molar-refractivity contribution in [2.75, 3.05) is 0 Å². The summed E-state index contributed by atoms with van der Waals surface area (Å²) < 4.78 is 0. The van der Waals surface area contributed by atoms with Crippen LogP contribution in [0.4, 0.5) is 0 Å². The van der Waals surface area contributed by atoms with Gasteiger partial charge in [-0.15, -0.1) is 0 Å². The molecule has 1 aromatic carbocycles. The van der Waals surface area contributed by atoms with E-state index in [1.165, 1.54) is 11.1 Å². The van der Waals surface area contributed by atoms with Crippen LogP contribution in [-0.4, -0.2) is 18.0 Å². The summed E-state index contributed by atoms with van der Waals surface area (Å²) in [5, 5.41) is 6.24. The maximum Gasteiger partial charge on any atom is 0.237 e. The zero-order chi connectivity index (χ0) is 13.7. The first-order valence-corrected chi connectivity index (χ1v) is 6.53. The summed E-state index contributed by atoms with van der Waals surface area (Å²) in [6.45, 7) is 10.0. The summed E-state index contributed by atoms with van der Waals surface area (Å²) in [6, 6.07) is 8.39. The number of benzene rings is 1. The van der Waals surface area contributed by atoms with Gasteiger partial charge in [-0.25, -0.2) is 0 Å². The van der Waals surface area contributed by atoms with E-state index in [4.69, 9.17) is 0 Å². The van der Waals surface area contributed by atoms with E-state index in [1.54, 1.807) is 0 Å². The van der Waals surface area contributed by atoms with Gasteiger partial charge in [0.1, 0.15) is 0 Å². The number of hydrogen-bond acceptors (Lipinski definition) is 2. The highest BCUT2D eigenvalue weighted by molar-refractivity contribution is 5.81. The second-order valence-electron chi connectivity index (χ2n) is 5.13. The summed E-state index contributed by atoms with van der Waals surface area (Å²) in [5.41, 5.74) is 2.48. The summed E-state index contributed by atoms with van der Waals surface area (Å²) in [6.07, 6.45) is 0. The molecule has 0 bridgehead atoms. The van der Waals surface area contributed by atoms with Crippen LogP contribution in [0.25, 0.3) is 0 Å². The molecule has 1 unspecified atom stereocenters. The van der Waals surface area contributed by atoms with Gasteiger partial charge in [-0.1, -0.05) is 24.3 Å². The Morgan fingerprint density at radius 2 is 1.72 bits per heavy atom. The van der Waals surface area contributed by atoms with Crippen molar-refractivity contribution in [1.82, 2.24) is 10.6 Å². The average molecular weight is 248 g/mol. The van der Waals surface area contributed by atoms with Crippen molar-refractivity contribution in [1.29, 1.82) is 0 Å². The Morgan fingerprint density at radius 3 is 2.28 bits per heavy atom. The molecule has 1 aromatic rings. The highest BCUT2D eigenvalue weighted by Crippen LogP contribution is 2.17. The van der Waals surface area contributed by atoms with Gasteiger partial charge in [0.25, 0.3) is 0 Å². The Morgan fingerprint density at radius 1 is 1.11 bits per heavy atom. The summed E-state index contributed by atoms with van der Waals surface area (Å²) >= 11 is 0. The number of amides is 1. The zero-order valence-corrected chi connectivity index (χ0v) is 11.9. The molecule has 0 saturated carbocycles. The lowest BCUT2D eigenvalue weighted by Gasteiger charge is -2.22. The van der Waals surface area contributed by atoms with Crippen molar-refractivity contribution in [2.24, 2.45) is 0 Å². The van der Waals surface area contributed by atoms with Crippen LogP contribution >= 0.6 is 0 Å². The first-order chi connectivity index (χ1) is 8.41. The molecule has 2 N–H and O–H groups in total. The molecule has 1 rings (SSSR count). The fraction of sp³-hybridized carbons (Fsp3) is 0.533. The molecule has 0 aliphatic heterocycles. The molecule has 2 atom stereocenters. The largest absolute Gasteiger partial charge is 0.353 e. The van der Waals surface area contributed by atoms with E-state index in [-0.39, 0.29) is 24.0 Å². The number of carbonyl (C=O) groups excluding carboxylic acids is 1. The minimum atomic E-state index is -0.193. The van der Waals surface area contributed by atoms with E-state index in [9.17, 15) is 4.79 Å². The first kappa shape index (κ1) is 14.7. The minimum absolute atomic E-state index is 0.0467. The van der Waals surface area contributed by atoms with Gasteiger partial charge in [-0.05, 0) is 45.7 Å². The summed E-state index contributed by atoms with van der Waals surface area (Å²) in [4.78, 5) is 11.8. The fourth-order valence-corrected chi connectivity index (χ4v) is 2.02. The van der Waals surface area contributed by atoms with Crippen LogP contribution in [-0.2, 0) is 4.79 Å². The van der Waals surface area contributed by atoms with E-state index < -0.39 is 0 Å². The average Bonchev–Trinajstić information content (AvgIpc) is 2.28. The third kappa shape index (κ3) is 4.15. The molecule has 3 heteroatoms. The standard InChI is InChI=1S/C15H24N2O/c1-10(2)16-15(18)13(5)17-12(4)14-9-7-6-8-11(14)3/h6-10,12-13,17H,1-5H3,(H,16,18)/t12-,13?/m0/s1. The molecular formula is C15H24N2O. The fourth-order valence-electron chi connectivity index (χ4n) is 2.02. The van der Waals surface area contributed by atoms with Gasteiger partial charge in [-0.3, -0.25) is 10.1 Å². The molecule has 0 aromatic heterocycles. The normalized spacial score (nSPS) is 14.3. The molecule has 0 aliphatic carbocycles. The maximum absolute atomic E-state index is 11.8. The summed E-state index contributed by atoms with van der Waals surface area (Å²) in [5.74, 6) is 0.0467. The SMILES string of the molecule is Cc1ccccc1[C@H](C)NC(C)C(=O)NC(C)C. The van der Waals surface area contributed by atoms with Crippen molar-refractivity contribution in [2.45, 2.75) is 52.7 Å². The monoisotopic (exact) mass is 248 g/mol.